The van der Waals surface area contributed by atoms with E-state index in [1.165, 1.54) is 17.6 Å². The molecule has 0 saturated heterocycles. The number of rotatable bonds is 8. The van der Waals surface area contributed by atoms with Gasteiger partial charge in [-0.05, 0) is 17.5 Å². The van der Waals surface area contributed by atoms with Crippen LogP contribution in [-0.2, 0) is 22.5 Å². The Morgan fingerprint density at radius 3 is 2.38 bits per heavy atom. The minimum absolute atomic E-state index is 0.239. The number of hydrogen-bond acceptors (Lipinski definition) is 3. The number of aryl methyl sites for hydroxylation is 1. The molecule has 0 atom stereocenters. The Hall–Kier alpha value is -2.08. The van der Waals surface area contributed by atoms with Crippen molar-refractivity contribution in [1.29, 1.82) is 0 Å². The maximum Gasteiger partial charge on any atom is 0.323 e. The second-order valence-electron chi connectivity index (χ2n) is 4.64. The zero-order valence-electron chi connectivity index (χ0n) is 12.5. The minimum Gasteiger partial charge on any atom is -0.480 e. The third-order valence-electron chi connectivity index (χ3n) is 3.05. The summed E-state index contributed by atoms with van der Waals surface area (Å²) in [6.45, 7) is 2.64. The first kappa shape index (κ1) is 17.0. The number of benzene rings is 1. The topological polar surface area (TPSA) is 78.9 Å². The fourth-order valence-electron chi connectivity index (χ4n) is 1.80. The van der Waals surface area contributed by atoms with Crippen molar-refractivity contribution in [3.8, 4) is 0 Å². The summed E-state index contributed by atoms with van der Waals surface area (Å²) in [5, 5.41) is 11.5. The van der Waals surface area contributed by atoms with Crippen LogP contribution in [0.4, 0.5) is 4.79 Å². The SMILES string of the molecule is CCc1ccc(CNC(=O)N(CCOC)CC(=O)O)cc1. The van der Waals surface area contributed by atoms with Gasteiger partial charge in [0.2, 0.25) is 0 Å². The quantitative estimate of drug-likeness (QED) is 0.761. The molecule has 0 fully saturated rings. The van der Waals surface area contributed by atoms with Crippen molar-refractivity contribution < 1.29 is 19.4 Å². The standard InChI is InChI=1S/C15H22N2O4/c1-3-12-4-6-13(7-5-12)10-16-15(20)17(8-9-21-2)11-14(18)19/h4-7H,3,8-11H2,1-2H3,(H,16,20)(H,18,19). The molecule has 0 unspecified atom stereocenters. The number of carbonyl (C=O) groups is 2. The summed E-state index contributed by atoms with van der Waals surface area (Å²) in [5.74, 6) is -1.05. The van der Waals surface area contributed by atoms with E-state index in [0.717, 1.165) is 12.0 Å². The normalized spacial score (nSPS) is 10.2. The molecular weight excluding hydrogens is 272 g/mol. The Bertz CT molecular complexity index is 459. The van der Waals surface area contributed by atoms with Gasteiger partial charge in [0.1, 0.15) is 6.54 Å². The molecule has 1 aromatic carbocycles. The van der Waals surface area contributed by atoms with Gasteiger partial charge in [0.15, 0.2) is 0 Å². The van der Waals surface area contributed by atoms with Crippen molar-refractivity contribution in [2.45, 2.75) is 19.9 Å². The first-order valence-corrected chi connectivity index (χ1v) is 6.88. The van der Waals surface area contributed by atoms with Gasteiger partial charge in [0.05, 0.1) is 6.61 Å². The van der Waals surface area contributed by atoms with Gasteiger partial charge in [0, 0.05) is 20.2 Å². The van der Waals surface area contributed by atoms with E-state index in [4.69, 9.17) is 9.84 Å². The Kier molecular flexibility index (Phi) is 7.25. The monoisotopic (exact) mass is 294 g/mol. The van der Waals surface area contributed by atoms with Crippen LogP contribution in [0.25, 0.3) is 0 Å². The summed E-state index contributed by atoms with van der Waals surface area (Å²) in [5.41, 5.74) is 2.21. The number of carbonyl (C=O) groups excluding carboxylic acids is 1. The molecule has 21 heavy (non-hydrogen) atoms. The number of aliphatic carboxylic acids is 1. The van der Waals surface area contributed by atoms with Crippen molar-refractivity contribution >= 4 is 12.0 Å². The Balaban J connectivity index is 2.52. The maximum absolute atomic E-state index is 12.0. The Morgan fingerprint density at radius 1 is 1.24 bits per heavy atom. The van der Waals surface area contributed by atoms with E-state index in [9.17, 15) is 9.59 Å². The number of urea groups is 1. The van der Waals surface area contributed by atoms with Gasteiger partial charge in [-0.2, -0.15) is 0 Å². The van der Waals surface area contributed by atoms with E-state index in [-0.39, 0.29) is 13.1 Å². The molecule has 0 heterocycles. The van der Waals surface area contributed by atoms with E-state index in [2.05, 4.69) is 12.2 Å². The van der Waals surface area contributed by atoms with Crippen molar-refractivity contribution in [3.63, 3.8) is 0 Å². The lowest BCUT2D eigenvalue weighted by Gasteiger charge is -2.20. The molecule has 6 nitrogen and oxygen atoms in total. The highest BCUT2D eigenvalue weighted by Gasteiger charge is 2.15. The molecule has 0 saturated carbocycles. The van der Waals surface area contributed by atoms with Crippen molar-refractivity contribution in [3.05, 3.63) is 35.4 Å². The lowest BCUT2D eigenvalue weighted by atomic mass is 10.1. The lowest BCUT2D eigenvalue weighted by molar-refractivity contribution is -0.137. The zero-order valence-corrected chi connectivity index (χ0v) is 12.5. The average molecular weight is 294 g/mol. The van der Waals surface area contributed by atoms with Crippen LogP contribution in [0.2, 0.25) is 0 Å². The van der Waals surface area contributed by atoms with Gasteiger partial charge in [-0.3, -0.25) is 4.79 Å². The summed E-state index contributed by atoms with van der Waals surface area (Å²) in [6, 6.07) is 7.53. The van der Waals surface area contributed by atoms with E-state index in [1.807, 2.05) is 24.3 Å². The highest BCUT2D eigenvalue weighted by atomic mass is 16.5. The number of hydrogen-bond donors (Lipinski definition) is 2. The molecule has 2 N–H and O–H groups in total. The number of nitrogens with one attached hydrogen (secondary N) is 1. The summed E-state index contributed by atoms with van der Waals surface area (Å²) >= 11 is 0. The fourth-order valence-corrected chi connectivity index (χ4v) is 1.80. The largest absolute Gasteiger partial charge is 0.480 e. The highest BCUT2D eigenvalue weighted by Crippen LogP contribution is 2.05. The van der Waals surface area contributed by atoms with Gasteiger partial charge < -0.3 is 20.1 Å². The third kappa shape index (κ3) is 6.27. The molecular formula is C15H22N2O4. The summed E-state index contributed by atoms with van der Waals surface area (Å²) in [6.07, 6.45) is 0.968. The van der Waals surface area contributed by atoms with Crippen LogP contribution >= 0.6 is 0 Å². The van der Waals surface area contributed by atoms with Gasteiger partial charge in [0.25, 0.3) is 0 Å². The van der Waals surface area contributed by atoms with Crippen molar-refractivity contribution in [2.24, 2.45) is 0 Å². The van der Waals surface area contributed by atoms with Crippen LogP contribution in [-0.4, -0.2) is 48.8 Å². The number of amides is 2. The number of carboxylic acids is 1. The molecule has 0 aliphatic carbocycles. The van der Waals surface area contributed by atoms with Gasteiger partial charge in [-0.15, -0.1) is 0 Å². The maximum atomic E-state index is 12.0. The number of nitrogens with zero attached hydrogens (tertiary/aromatic N) is 1. The first-order chi connectivity index (χ1) is 10.1. The molecule has 0 aromatic heterocycles. The van der Waals surface area contributed by atoms with Crippen molar-refractivity contribution in [1.82, 2.24) is 10.2 Å². The van der Waals surface area contributed by atoms with Gasteiger partial charge >= 0.3 is 12.0 Å². The number of methoxy groups -OCH3 is 1. The number of carboxylic acid groups (broad SMARTS) is 1. The molecule has 1 aromatic rings. The zero-order chi connectivity index (χ0) is 15.7. The van der Waals surface area contributed by atoms with E-state index >= 15 is 0 Å². The molecule has 2 amide bonds. The Morgan fingerprint density at radius 2 is 1.86 bits per heavy atom. The van der Waals surface area contributed by atoms with Gasteiger partial charge in [-0.1, -0.05) is 31.2 Å². The van der Waals surface area contributed by atoms with Crippen LogP contribution in [0.1, 0.15) is 18.1 Å². The molecule has 0 aliphatic heterocycles. The van der Waals surface area contributed by atoms with Crippen LogP contribution in [0.15, 0.2) is 24.3 Å². The summed E-state index contributed by atoms with van der Waals surface area (Å²) in [7, 11) is 1.51. The van der Waals surface area contributed by atoms with Crippen LogP contribution in [0.3, 0.4) is 0 Å². The molecule has 0 spiro atoms. The van der Waals surface area contributed by atoms with Gasteiger partial charge in [-0.25, -0.2) is 4.79 Å². The third-order valence-corrected chi connectivity index (χ3v) is 3.05. The molecule has 1 rings (SSSR count). The molecule has 0 aliphatic rings. The van der Waals surface area contributed by atoms with Crippen LogP contribution in [0.5, 0.6) is 0 Å². The Labute approximate surface area is 124 Å². The summed E-state index contributed by atoms with van der Waals surface area (Å²) < 4.78 is 4.88. The first-order valence-electron chi connectivity index (χ1n) is 6.88. The van der Waals surface area contributed by atoms with E-state index in [1.54, 1.807) is 0 Å². The molecule has 0 radical (unpaired) electrons. The predicted octanol–water partition coefficient (Wildman–Crippen LogP) is 1.49. The minimum atomic E-state index is -1.05. The average Bonchev–Trinajstić information content (AvgIpc) is 2.49. The smallest absolute Gasteiger partial charge is 0.323 e. The molecule has 6 heteroatoms. The second kappa shape index (κ2) is 8.97. The summed E-state index contributed by atoms with van der Waals surface area (Å²) in [4.78, 5) is 24.0. The predicted molar refractivity (Wildman–Crippen MR) is 79.1 cm³/mol. The number of ether oxygens (including phenoxy) is 1. The van der Waals surface area contributed by atoms with Crippen LogP contribution in [0, 0.1) is 0 Å². The molecule has 0 bridgehead atoms. The fraction of sp³-hybridized carbons (Fsp3) is 0.467. The lowest BCUT2D eigenvalue weighted by Crippen LogP contribution is -2.44. The molecule has 116 valence electrons. The van der Waals surface area contributed by atoms with Crippen LogP contribution < -0.4 is 5.32 Å². The second-order valence-corrected chi connectivity index (χ2v) is 4.64. The van der Waals surface area contributed by atoms with E-state index < -0.39 is 12.0 Å². The van der Waals surface area contributed by atoms with E-state index in [0.29, 0.717) is 13.2 Å². The van der Waals surface area contributed by atoms with Crippen molar-refractivity contribution in [2.75, 3.05) is 26.8 Å². The highest BCUT2D eigenvalue weighted by molar-refractivity contribution is 5.80.